The first-order valence-corrected chi connectivity index (χ1v) is 10.5. The molecule has 5 nitrogen and oxygen atoms in total. The lowest BCUT2D eigenvalue weighted by atomic mass is 10.1. The van der Waals surface area contributed by atoms with Crippen molar-refractivity contribution in [2.75, 3.05) is 0 Å². The van der Waals surface area contributed by atoms with Gasteiger partial charge in [-0.05, 0) is 89.7 Å². The van der Waals surface area contributed by atoms with Gasteiger partial charge in [-0.3, -0.25) is 4.79 Å². The van der Waals surface area contributed by atoms with Crippen LogP contribution in [0.25, 0.3) is 16.5 Å². The van der Waals surface area contributed by atoms with Gasteiger partial charge in [0.1, 0.15) is 5.75 Å². The predicted octanol–water partition coefficient (Wildman–Crippen LogP) is 5.32. The Bertz CT molecular complexity index is 1270. The van der Waals surface area contributed by atoms with Gasteiger partial charge in [0, 0.05) is 26.2 Å². The summed E-state index contributed by atoms with van der Waals surface area (Å²) in [6.45, 7) is 4.05. The van der Waals surface area contributed by atoms with E-state index in [0.29, 0.717) is 0 Å². The number of hydrogen-bond donors (Lipinski definition) is 2. The average molecular weight is 509 g/mol. The van der Waals surface area contributed by atoms with Gasteiger partial charge in [0.05, 0.1) is 11.8 Å². The van der Waals surface area contributed by atoms with Crippen LogP contribution in [0.1, 0.15) is 27.3 Å². The molecule has 2 N–H and O–H groups in total. The average Bonchev–Trinajstić information content (AvgIpc) is 3.01. The maximum Gasteiger partial charge on any atom is 0.275 e. The number of fused-ring (bicyclic) bond motifs is 1. The van der Waals surface area contributed by atoms with Gasteiger partial charge in [0.2, 0.25) is 0 Å². The second-order valence-corrected chi connectivity index (χ2v) is 8.30. The molecule has 0 saturated carbocycles. The van der Waals surface area contributed by atoms with Gasteiger partial charge < -0.3 is 9.67 Å². The third-order valence-corrected chi connectivity index (χ3v) is 5.75. The van der Waals surface area contributed by atoms with E-state index in [2.05, 4.69) is 62.0 Å². The molecule has 3 aromatic carbocycles. The Kier molecular flexibility index (Phi) is 5.59. The van der Waals surface area contributed by atoms with Crippen molar-refractivity contribution in [1.82, 2.24) is 9.99 Å². The van der Waals surface area contributed by atoms with E-state index in [1.165, 1.54) is 3.57 Å². The first-order chi connectivity index (χ1) is 14.4. The summed E-state index contributed by atoms with van der Waals surface area (Å²) in [7, 11) is 0. The third kappa shape index (κ3) is 3.95. The summed E-state index contributed by atoms with van der Waals surface area (Å²) in [5, 5.41) is 16.1. The fourth-order valence-electron chi connectivity index (χ4n) is 3.54. The molecule has 0 bridgehead atoms. The Morgan fingerprint density at radius 3 is 2.40 bits per heavy atom. The summed E-state index contributed by atoms with van der Waals surface area (Å²) in [5.41, 5.74) is 6.80. The molecule has 30 heavy (non-hydrogen) atoms. The van der Waals surface area contributed by atoms with E-state index in [-0.39, 0.29) is 11.3 Å². The molecule has 1 heterocycles. The molecular formula is C24H20IN3O2. The van der Waals surface area contributed by atoms with Gasteiger partial charge in [-0.1, -0.05) is 24.3 Å². The normalized spacial score (nSPS) is 11.3. The number of carbonyl (C=O) groups is 1. The van der Waals surface area contributed by atoms with E-state index in [1.807, 2.05) is 44.2 Å². The number of benzene rings is 3. The van der Waals surface area contributed by atoms with Gasteiger partial charge in [-0.2, -0.15) is 5.10 Å². The smallest absolute Gasteiger partial charge is 0.275 e. The molecule has 0 aliphatic carbocycles. The quantitative estimate of drug-likeness (QED) is 0.222. The Labute approximate surface area is 188 Å². The highest BCUT2D eigenvalue weighted by molar-refractivity contribution is 14.1. The maximum atomic E-state index is 12.5. The van der Waals surface area contributed by atoms with Gasteiger partial charge in [-0.15, -0.1) is 0 Å². The zero-order chi connectivity index (χ0) is 21.3. The van der Waals surface area contributed by atoms with Crippen LogP contribution in [0.15, 0.2) is 71.8 Å². The number of nitrogens with zero attached hydrogens (tertiary/aromatic N) is 2. The van der Waals surface area contributed by atoms with Crippen molar-refractivity contribution >= 4 is 45.5 Å². The molecule has 0 unspecified atom stereocenters. The molecule has 4 aromatic rings. The largest absolute Gasteiger partial charge is 0.507 e. The van der Waals surface area contributed by atoms with Crippen LogP contribution in [0, 0.1) is 17.4 Å². The fourth-order valence-corrected chi connectivity index (χ4v) is 3.90. The van der Waals surface area contributed by atoms with E-state index in [1.54, 1.807) is 18.3 Å². The molecule has 150 valence electrons. The maximum absolute atomic E-state index is 12.5. The number of hydrogen-bond acceptors (Lipinski definition) is 3. The summed E-state index contributed by atoms with van der Waals surface area (Å²) in [4.78, 5) is 12.5. The lowest BCUT2D eigenvalue weighted by Gasteiger charge is -2.09. The number of carbonyl (C=O) groups excluding carboxylic acids is 1. The number of phenolic OH excluding ortho intramolecular Hbond substituents is 1. The molecule has 0 atom stereocenters. The van der Waals surface area contributed by atoms with E-state index < -0.39 is 5.91 Å². The van der Waals surface area contributed by atoms with E-state index in [9.17, 15) is 9.90 Å². The predicted molar refractivity (Wildman–Crippen MR) is 129 cm³/mol. The van der Waals surface area contributed by atoms with Crippen LogP contribution < -0.4 is 5.43 Å². The zero-order valence-electron chi connectivity index (χ0n) is 16.6. The molecule has 0 radical (unpaired) electrons. The Morgan fingerprint density at radius 1 is 1.03 bits per heavy atom. The highest BCUT2D eigenvalue weighted by Crippen LogP contribution is 2.25. The molecule has 0 fully saturated rings. The van der Waals surface area contributed by atoms with Gasteiger partial charge in [-0.25, -0.2) is 5.43 Å². The molecule has 0 aliphatic rings. The number of aromatic hydroxyl groups is 1. The summed E-state index contributed by atoms with van der Waals surface area (Å²) in [6.07, 6.45) is 1.63. The monoisotopic (exact) mass is 509 g/mol. The van der Waals surface area contributed by atoms with Crippen LogP contribution in [0.2, 0.25) is 0 Å². The van der Waals surface area contributed by atoms with Gasteiger partial charge in [0.15, 0.2) is 0 Å². The minimum absolute atomic E-state index is 0.0710. The number of amides is 1. The first-order valence-electron chi connectivity index (χ1n) is 9.44. The Balaban J connectivity index is 1.55. The molecule has 6 heteroatoms. The highest BCUT2D eigenvalue weighted by atomic mass is 127. The van der Waals surface area contributed by atoms with Gasteiger partial charge in [0.25, 0.3) is 5.91 Å². The lowest BCUT2D eigenvalue weighted by molar-refractivity contribution is 0.0952. The van der Waals surface area contributed by atoms with E-state index in [4.69, 9.17) is 0 Å². The van der Waals surface area contributed by atoms with Crippen LogP contribution in [0.5, 0.6) is 5.75 Å². The van der Waals surface area contributed by atoms with Crippen LogP contribution in [0.3, 0.4) is 0 Å². The van der Waals surface area contributed by atoms with Crippen LogP contribution in [-0.4, -0.2) is 21.8 Å². The number of rotatable bonds is 4. The van der Waals surface area contributed by atoms with Crippen molar-refractivity contribution in [3.63, 3.8) is 0 Å². The molecule has 0 aliphatic heterocycles. The fraction of sp³-hybridized carbons (Fsp3) is 0.0833. The summed E-state index contributed by atoms with van der Waals surface area (Å²) in [6, 6.07) is 21.1. The number of aromatic nitrogens is 1. The minimum atomic E-state index is -0.457. The van der Waals surface area contributed by atoms with Crippen LogP contribution in [-0.2, 0) is 0 Å². The van der Waals surface area contributed by atoms with Crippen molar-refractivity contribution in [3.05, 3.63) is 92.8 Å². The molecule has 1 amide bonds. The number of nitrogens with one attached hydrogen (secondary N) is 1. The van der Waals surface area contributed by atoms with Crippen molar-refractivity contribution in [2.45, 2.75) is 13.8 Å². The standard InChI is InChI=1S/C24H20IN3O2/c1-15-11-19(16(2)28(15)21-9-7-20(25)8-10-21)14-26-27-24(30)22-12-17-5-3-4-6-18(17)13-23(22)29/h3-14,29H,1-2H3,(H,27,30). The van der Waals surface area contributed by atoms with E-state index >= 15 is 0 Å². The summed E-state index contributed by atoms with van der Waals surface area (Å²) < 4.78 is 3.33. The summed E-state index contributed by atoms with van der Waals surface area (Å²) in [5.74, 6) is -0.528. The van der Waals surface area contributed by atoms with Gasteiger partial charge >= 0.3 is 0 Å². The number of phenols is 1. The first kappa shape index (κ1) is 20.2. The lowest BCUT2D eigenvalue weighted by Crippen LogP contribution is -2.17. The third-order valence-electron chi connectivity index (χ3n) is 5.03. The Morgan fingerprint density at radius 2 is 1.70 bits per heavy atom. The molecule has 0 spiro atoms. The number of hydrazone groups is 1. The molecular weight excluding hydrogens is 489 g/mol. The molecule has 0 saturated heterocycles. The van der Waals surface area contributed by atoms with Crippen molar-refractivity contribution < 1.29 is 9.90 Å². The second kappa shape index (κ2) is 8.31. The SMILES string of the molecule is Cc1cc(C=NNC(=O)c2cc3ccccc3cc2O)c(C)n1-c1ccc(I)cc1. The van der Waals surface area contributed by atoms with Crippen molar-refractivity contribution in [2.24, 2.45) is 5.10 Å². The topological polar surface area (TPSA) is 66.6 Å². The van der Waals surface area contributed by atoms with Crippen LogP contribution in [0.4, 0.5) is 0 Å². The number of halogens is 1. The van der Waals surface area contributed by atoms with Crippen molar-refractivity contribution in [3.8, 4) is 11.4 Å². The summed E-state index contributed by atoms with van der Waals surface area (Å²) >= 11 is 2.29. The Hall–Kier alpha value is -3.13. The minimum Gasteiger partial charge on any atom is -0.507 e. The molecule has 1 aromatic heterocycles. The van der Waals surface area contributed by atoms with Crippen molar-refractivity contribution in [1.29, 1.82) is 0 Å². The molecule has 4 rings (SSSR count). The zero-order valence-corrected chi connectivity index (χ0v) is 18.7. The van der Waals surface area contributed by atoms with E-state index in [0.717, 1.165) is 33.4 Å². The highest BCUT2D eigenvalue weighted by Gasteiger charge is 2.13. The number of aryl methyl sites for hydroxylation is 1. The van der Waals surface area contributed by atoms with Crippen LogP contribution >= 0.6 is 22.6 Å². The second-order valence-electron chi connectivity index (χ2n) is 7.05.